The van der Waals surface area contributed by atoms with Gasteiger partial charge in [-0.25, -0.2) is 14.4 Å². The maximum absolute atomic E-state index is 14.1. The molecule has 5 nitrogen and oxygen atoms in total. The Morgan fingerprint density at radius 2 is 1.88 bits per heavy atom. The molecule has 6 rings (SSSR count). The van der Waals surface area contributed by atoms with Gasteiger partial charge in [-0.15, -0.1) is 11.3 Å². The van der Waals surface area contributed by atoms with Gasteiger partial charge in [0, 0.05) is 37.0 Å². The van der Waals surface area contributed by atoms with E-state index in [1.165, 1.54) is 41.2 Å². The maximum atomic E-state index is 14.1. The lowest BCUT2D eigenvalue weighted by Crippen LogP contribution is -2.49. The Hall–Kier alpha value is -2.54. The number of carbonyl (C=O) groups is 1. The highest BCUT2D eigenvalue weighted by Crippen LogP contribution is 2.44. The third-order valence-corrected chi connectivity index (χ3v) is 8.21. The summed E-state index contributed by atoms with van der Waals surface area (Å²) in [6, 6.07) is 6.24. The number of aromatic nitrogens is 2. The Labute approximate surface area is 191 Å². The highest BCUT2D eigenvalue weighted by molar-refractivity contribution is 7.19. The van der Waals surface area contributed by atoms with Crippen LogP contribution in [0.25, 0.3) is 10.2 Å². The van der Waals surface area contributed by atoms with Crippen molar-refractivity contribution in [2.75, 3.05) is 31.1 Å². The van der Waals surface area contributed by atoms with Crippen LogP contribution >= 0.6 is 11.3 Å². The van der Waals surface area contributed by atoms with Gasteiger partial charge in [0.05, 0.1) is 10.9 Å². The Kier molecular flexibility index (Phi) is 4.90. The minimum absolute atomic E-state index is 0.155. The molecule has 7 heteroatoms. The summed E-state index contributed by atoms with van der Waals surface area (Å²) in [5.41, 5.74) is 1.60. The molecule has 1 atom stereocenters. The van der Waals surface area contributed by atoms with E-state index in [4.69, 9.17) is 9.97 Å². The van der Waals surface area contributed by atoms with E-state index in [0.29, 0.717) is 32.1 Å². The van der Waals surface area contributed by atoms with Gasteiger partial charge < -0.3 is 9.80 Å². The minimum atomic E-state index is -0.453. The first-order valence-electron chi connectivity index (χ1n) is 11.7. The van der Waals surface area contributed by atoms with E-state index in [1.807, 2.05) is 11.3 Å². The topological polar surface area (TPSA) is 49.3 Å². The van der Waals surface area contributed by atoms with Gasteiger partial charge >= 0.3 is 0 Å². The number of hydrogen-bond donors (Lipinski definition) is 0. The number of fused-ring (bicyclic) bond motifs is 3. The second-order valence-corrected chi connectivity index (χ2v) is 10.6. The summed E-state index contributed by atoms with van der Waals surface area (Å²) in [5, 5.41) is 1.25. The number of piperazine rings is 1. The third-order valence-electron chi connectivity index (χ3n) is 7.07. The molecule has 0 bridgehead atoms. The zero-order valence-corrected chi connectivity index (χ0v) is 19.1. The fraction of sp³-hybridized carbons (Fsp3) is 0.480. The van der Waals surface area contributed by atoms with E-state index in [2.05, 4.69) is 11.8 Å². The van der Waals surface area contributed by atoms with Gasteiger partial charge in [-0.05, 0) is 55.7 Å². The lowest BCUT2D eigenvalue weighted by atomic mass is 9.89. The summed E-state index contributed by atoms with van der Waals surface area (Å²) in [6.45, 7) is 4.89. The molecule has 2 aliphatic carbocycles. The van der Waals surface area contributed by atoms with E-state index in [0.717, 1.165) is 35.2 Å². The third kappa shape index (κ3) is 3.47. The molecular formula is C25H27FN4OS. The summed E-state index contributed by atoms with van der Waals surface area (Å²) >= 11 is 1.86. The summed E-state index contributed by atoms with van der Waals surface area (Å²) in [6.07, 6.45) is 5.81. The molecule has 1 saturated carbocycles. The van der Waals surface area contributed by atoms with Crippen LogP contribution in [0.5, 0.6) is 0 Å². The number of benzene rings is 1. The summed E-state index contributed by atoms with van der Waals surface area (Å²) in [5.74, 6) is 2.59. The first-order chi connectivity index (χ1) is 15.6. The smallest absolute Gasteiger partial charge is 0.256 e. The van der Waals surface area contributed by atoms with Gasteiger partial charge in [0.25, 0.3) is 5.91 Å². The van der Waals surface area contributed by atoms with Crippen LogP contribution in [0.15, 0.2) is 24.3 Å². The maximum Gasteiger partial charge on any atom is 0.256 e. The molecule has 32 heavy (non-hydrogen) atoms. The van der Waals surface area contributed by atoms with Crippen molar-refractivity contribution in [2.45, 2.75) is 44.9 Å². The van der Waals surface area contributed by atoms with Crippen molar-refractivity contribution in [3.63, 3.8) is 0 Å². The molecule has 0 unspecified atom stereocenters. The zero-order chi connectivity index (χ0) is 21.8. The molecule has 1 saturated heterocycles. The van der Waals surface area contributed by atoms with Crippen LogP contribution in [0.4, 0.5) is 10.2 Å². The number of rotatable bonds is 3. The average Bonchev–Trinajstić information content (AvgIpc) is 3.59. The van der Waals surface area contributed by atoms with Crippen molar-refractivity contribution in [3.05, 3.63) is 51.9 Å². The largest absolute Gasteiger partial charge is 0.352 e. The molecule has 166 valence electrons. The van der Waals surface area contributed by atoms with Gasteiger partial charge in [-0.2, -0.15) is 0 Å². The van der Waals surface area contributed by atoms with E-state index >= 15 is 0 Å². The number of aryl methyl sites for hydroxylation is 1. The number of nitrogens with zero attached hydrogens (tertiary/aromatic N) is 4. The van der Waals surface area contributed by atoms with Crippen LogP contribution in [0.2, 0.25) is 0 Å². The molecule has 3 aromatic rings. The Bertz CT molecular complexity index is 1200. The lowest BCUT2D eigenvalue weighted by Gasteiger charge is -2.36. The molecule has 0 radical (unpaired) electrons. The first kappa shape index (κ1) is 20.1. The molecule has 3 heterocycles. The van der Waals surface area contributed by atoms with Crippen molar-refractivity contribution in [2.24, 2.45) is 5.92 Å². The van der Waals surface area contributed by atoms with Crippen molar-refractivity contribution >= 4 is 33.3 Å². The standard InChI is InChI=1S/C25H27FN4OS/c1-15-6-9-18-20(14-15)32-24-21(18)23(27-22(28-24)16-7-8-16)29-10-12-30(13-11-29)25(31)17-4-2-3-5-19(17)26/h2-5,15-16H,6-14H2,1H3/t15-/m1/s1. The van der Waals surface area contributed by atoms with Crippen LogP contribution < -0.4 is 4.90 Å². The molecular weight excluding hydrogens is 423 g/mol. The molecule has 0 N–H and O–H groups in total. The number of thiophene rings is 1. The SMILES string of the molecule is C[C@@H]1CCc2c(sc3nc(C4CC4)nc(N4CCN(C(=O)c5ccccc5F)CC4)c23)C1. The Morgan fingerprint density at radius 3 is 2.62 bits per heavy atom. The number of anilines is 1. The summed E-state index contributed by atoms with van der Waals surface area (Å²) in [7, 11) is 0. The van der Waals surface area contributed by atoms with E-state index in [1.54, 1.807) is 23.1 Å². The van der Waals surface area contributed by atoms with Crippen molar-refractivity contribution in [1.82, 2.24) is 14.9 Å². The first-order valence-corrected chi connectivity index (χ1v) is 12.5. The van der Waals surface area contributed by atoms with E-state index in [-0.39, 0.29) is 11.5 Å². The van der Waals surface area contributed by atoms with Crippen LogP contribution in [0, 0.1) is 11.7 Å². The number of carbonyl (C=O) groups excluding carboxylic acids is 1. The fourth-order valence-corrected chi connectivity index (χ4v) is 6.40. The second kappa shape index (κ2) is 7.80. The Morgan fingerprint density at radius 1 is 1.09 bits per heavy atom. The zero-order valence-electron chi connectivity index (χ0n) is 18.3. The van der Waals surface area contributed by atoms with Crippen LogP contribution in [0.1, 0.15) is 58.7 Å². The predicted octanol–water partition coefficient (Wildman–Crippen LogP) is 4.80. The van der Waals surface area contributed by atoms with Crippen molar-refractivity contribution in [1.29, 1.82) is 0 Å². The van der Waals surface area contributed by atoms with Crippen LogP contribution in [-0.2, 0) is 12.8 Å². The molecule has 3 aliphatic rings. The number of hydrogen-bond acceptors (Lipinski definition) is 5. The number of amides is 1. The molecule has 1 amide bonds. The van der Waals surface area contributed by atoms with Gasteiger partial charge in [0.1, 0.15) is 22.3 Å². The monoisotopic (exact) mass is 450 g/mol. The van der Waals surface area contributed by atoms with Crippen LogP contribution in [-0.4, -0.2) is 47.0 Å². The van der Waals surface area contributed by atoms with Crippen molar-refractivity contribution in [3.8, 4) is 0 Å². The highest BCUT2D eigenvalue weighted by atomic mass is 32.1. The second-order valence-electron chi connectivity index (χ2n) is 9.47. The normalized spacial score (nSPS) is 21.1. The minimum Gasteiger partial charge on any atom is -0.352 e. The quantitative estimate of drug-likeness (QED) is 0.575. The summed E-state index contributed by atoms with van der Waals surface area (Å²) < 4.78 is 14.1. The molecule has 1 aliphatic heterocycles. The van der Waals surface area contributed by atoms with Gasteiger partial charge in [-0.3, -0.25) is 4.79 Å². The summed E-state index contributed by atoms with van der Waals surface area (Å²) in [4.78, 5) is 29.6. The Balaban J connectivity index is 1.30. The number of halogens is 1. The average molecular weight is 451 g/mol. The highest BCUT2D eigenvalue weighted by Gasteiger charge is 2.32. The molecule has 2 fully saturated rings. The molecule has 1 aromatic carbocycles. The van der Waals surface area contributed by atoms with E-state index < -0.39 is 5.82 Å². The predicted molar refractivity (Wildman–Crippen MR) is 125 cm³/mol. The molecule has 0 spiro atoms. The fourth-order valence-electron chi connectivity index (χ4n) is 5.02. The van der Waals surface area contributed by atoms with Gasteiger partial charge in [-0.1, -0.05) is 19.1 Å². The van der Waals surface area contributed by atoms with E-state index in [9.17, 15) is 9.18 Å². The lowest BCUT2D eigenvalue weighted by molar-refractivity contribution is 0.0742. The van der Waals surface area contributed by atoms with Gasteiger partial charge in [0.2, 0.25) is 0 Å². The molecule has 2 aromatic heterocycles. The van der Waals surface area contributed by atoms with Crippen molar-refractivity contribution < 1.29 is 9.18 Å². The van der Waals surface area contributed by atoms with Gasteiger partial charge in [0.15, 0.2) is 0 Å². The van der Waals surface area contributed by atoms with Crippen LogP contribution in [0.3, 0.4) is 0 Å².